The van der Waals surface area contributed by atoms with Gasteiger partial charge in [0.2, 0.25) is 0 Å². The van der Waals surface area contributed by atoms with E-state index >= 15 is 0 Å². The highest BCUT2D eigenvalue weighted by molar-refractivity contribution is 5.82. The molecule has 3 heterocycles. The smallest absolute Gasteiger partial charge is 0.183 e. The van der Waals surface area contributed by atoms with Gasteiger partial charge in [-0.15, -0.1) is 0 Å². The van der Waals surface area contributed by atoms with E-state index in [4.69, 9.17) is 20.3 Å². The van der Waals surface area contributed by atoms with Crippen molar-refractivity contribution in [2.75, 3.05) is 18.5 Å². The summed E-state index contributed by atoms with van der Waals surface area (Å²) in [5.41, 5.74) is 7.47. The zero-order valence-electron chi connectivity index (χ0n) is 12.6. The summed E-state index contributed by atoms with van der Waals surface area (Å²) >= 11 is 0. The van der Waals surface area contributed by atoms with Crippen LogP contribution in [0.5, 0.6) is 0 Å². The van der Waals surface area contributed by atoms with E-state index in [0.29, 0.717) is 23.6 Å². The van der Waals surface area contributed by atoms with Crippen LogP contribution < -0.4 is 11.1 Å². The number of nitrogens with one attached hydrogen (secondary N) is 1. The first-order valence-corrected chi connectivity index (χ1v) is 7.84. The quantitative estimate of drug-likeness (QED) is 0.719. The van der Waals surface area contributed by atoms with Crippen molar-refractivity contribution in [1.82, 2.24) is 19.5 Å². The van der Waals surface area contributed by atoms with Crippen molar-refractivity contribution in [3.8, 4) is 0 Å². The van der Waals surface area contributed by atoms with E-state index < -0.39 is 6.29 Å². The lowest BCUT2D eigenvalue weighted by atomic mass is 10.2. The van der Waals surface area contributed by atoms with Crippen LogP contribution in [-0.4, -0.2) is 56.2 Å². The fraction of sp³-hybridized carbons (Fsp3) is 0.643. The molecule has 4 atom stereocenters. The van der Waals surface area contributed by atoms with Gasteiger partial charge in [-0.1, -0.05) is 0 Å². The maximum atomic E-state index is 9.10. The number of imidazole rings is 1. The molecule has 23 heavy (non-hydrogen) atoms. The highest BCUT2D eigenvalue weighted by atomic mass is 16.7. The molecular weight excluding hydrogens is 300 g/mol. The first-order chi connectivity index (χ1) is 11.3. The fourth-order valence-electron chi connectivity index (χ4n) is 3.20. The van der Waals surface area contributed by atoms with Crippen LogP contribution in [-0.2, 0) is 9.47 Å². The number of aliphatic hydroxyl groups excluding tert-OH is 1. The summed E-state index contributed by atoms with van der Waals surface area (Å²) < 4.78 is 12.7. The first-order valence-electron chi connectivity index (χ1n) is 7.84. The number of hydrogen-bond donors (Lipinski definition) is 3. The lowest BCUT2D eigenvalue weighted by molar-refractivity contribution is -0.0980. The van der Waals surface area contributed by atoms with E-state index in [9.17, 15) is 0 Å². The number of rotatable bonds is 4. The van der Waals surface area contributed by atoms with E-state index in [-0.39, 0.29) is 24.9 Å². The predicted octanol–water partition coefficient (Wildman–Crippen LogP) is -0.0182. The average Bonchev–Trinajstić information content (AvgIpc) is 3.27. The Morgan fingerprint density at radius 2 is 2.26 bits per heavy atom. The molecule has 2 aromatic heterocycles. The minimum atomic E-state index is -0.603. The van der Waals surface area contributed by atoms with Gasteiger partial charge in [-0.05, 0) is 19.3 Å². The molecular formula is C14H20N6O3. The molecule has 1 saturated heterocycles. The summed E-state index contributed by atoms with van der Waals surface area (Å²) in [5.74, 6) is 0.689. The molecule has 0 aromatic carbocycles. The third-order valence-corrected chi connectivity index (χ3v) is 4.44. The Bertz CT molecular complexity index is 692. The van der Waals surface area contributed by atoms with Gasteiger partial charge in [0.25, 0.3) is 0 Å². The molecule has 9 nitrogen and oxygen atoms in total. The molecule has 4 rings (SSSR count). The summed E-state index contributed by atoms with van der Waals surface area (Å²) in [6, 6.07) is 0.349. The first kappa shape index (κ1) is 14.8. The predicted molar refractivity (Wildman–Crippen MR) is 81.5 cm³/mol. The summed E-state index contributed by atoms with van der Waals surface area (Å²) in [4.78, 5) is 13.0. The Balaban J connectivity index is 1.61. The lowest BCUT2D eigenvalue weighted by Gasteiger charge is -2.18. The van der Waals surface area contributed by atoms with Crippen LogP contribution in [0.1, 0.15) is 25.5 Å². The van der Waals surface area contributed by atoms with Gasteiger partial charge < -0.3 is 25.6 Å². The van der Waals surface area contributed by atoms with Crippen molar-refractivity contribution in [3.05, 3.63) is 12.7 Å². The van der Waals surface area contributed by atoms with E-state index in [1.54, 1.807) is 10.9 Å². The van der Waals surface area contributed by atoms with Crippen molar-refractivity contribution in [2.45, 2.75) is 43.9 Å². The minimum Gasteiger partial charge on any atom is -0.391 e. The van der Waals surface area contributed by atoms with Gasteiger partial charge in [0.15, 0.2) is 29.5 Å². The van der Waals surface area contributed by atoms with Crippen LogP contribution >= 0.6 is 0 Å². The van der Waals surface area contributed by atoms with E-state index in [1.807, 2.05) is 0 Å². The van der Waals surface area contributed by atoms with Crippen LogP contribution in [0, 0.1) is 0 Å². The molecule has 0 bridgehead atoms. The number of aromatic nitrogens is 4. The van der Waals surface area contributed by atoms with Gasteiger partial charge >= 0.3 is 0 Å². The van der Waals surface area contributed by atoms with Crippen LogP contribution in [0.3, 0.4) is 0 Å². The molecule has 2 aromatic rings. The van der Waals surface area contributed by atoms with E-state index in [0.717, 1.165) is 19.3 Å². The van der Waals surface area contributed by atoms with Gasteiger partial charge in [0.05, 0.1) is 19.5 Å². The summed E-state index contributed by atoms with van der Waals surface area (Å²) in [6.45, 7) is 0.168. The molecule has 1 aliphatic carbocycles. The van der Waals surface area contributed by atoms with Gasteiger partial charge in [-0.3, -0.25) is 4.57 Å². The second kappa shape index (κ2) is 6.00. The maximum Gasteiger partial charge on any atom is 0.183 e. The van der Waals surface area contributed by atoms with Crippen LogP contribution in [0.2, 0.25) is 0 Å². The fourth-order valence-corrected chi connectivity index (χ4v) is 3.20. The third kappa shape index (κ3) is 2.65. The molecule has 1 saturated carbocycles. The van der Waals surface area contributed by atoms with Crippen LogP contribution in [0.25, 0.3) is 11.2 Å². The van der Waals surface area contributed by atoms with Crippen molar-refractivity contribution in [3.63, 3.8) is 0 Å². The molecule has 1 aliphatic heterocycles. The Labute approximate surface area is 132 Å². The standard InChI is InChI=1S/C14H20N6O3/c15-8-2-1-3-9(8)19-13-12-14(17-6-16-13)20(7-18-12)10-5-22-11(4-21)23-10/h6-11,21H,1-5,15H2,(H,16,17,19)/t8?,9?,10-,11-/m0/s1. The Kier molecular flexibility index (Phi) is 3.85. The Morgan fingerprint density at radius 3 is 3.00 bits per heavy atom. The largest absolute Gasteiger partial charge is 0.391 e. The molecule has 124 valence electrons. The van der Waals surface area contributed by atoms with Gasteiger partial charge in [-0.25, -0.2) is 15.0 Å². The van der Waals surface area contributed by atoms with E-state index in [1.165, 1.54) is 6.33 Å². The van der Waals surface area contributed by atoms with Gasteiger partial charge in [0, 0.05) is 12.1 Å². The minimum absolute atomic E-state index is 0.138. The number of hydrogen-bond acceptors (Lipinski definition) is 8. The number of anilines is 1. The highest BCUT2D eigenvalue weighted by Gasteiger charge is 2.29. The monoisotopic (exact) mass is 320 g/mol. The van der Waals surface area contributed by atoms with Crippen molar-refractivity contribution >= 4 is 17.0 Å². The van der Waals surface area contributed by atoms with Crippen LogP contribution in [0.4, 0.5) is 5.82 Å². The number of nitrogens with zero attached hydrogens (tertiary/aromatic N) is 4. The maximum absolute atomic E-state index is 9.10. The second-order valence-electron chi connectivity index (χ2n) is 5.93. The Morgan fingerprint density at radius 1 is 1.35 bits per heavy atom. The van der Waals surface area contributed by atoms with Crippen LogP contribution in [0.15, 0.2) is 12.7 Å². The van der Waals surface area contributed by atoms with Gasteiger partial charge in [0.1, 0.15) is 6.33 Å². The number of nitrogens with two attached hydrogens (primary N) is 1. The molecule has 2 fully saturated rings. The van der Waals surface area contributed by atoms with Gasteiger partial charge in [-0.2, -0.15) is 0 Å². The normalized spacial score (nSPS) is 31.0. The number of ether oxygens (including phenoxy) is 2. The SMILES string of the molecule is NC1CCCC1Nc1ncnc2c1ncn2[C@@H]1CO[C@H](CO)O1. The average molecular weight is 320 g/mol. The molecule has 0 amide bonds. The molecule has 2 aliphatic rings. The molecule has 0 spiro atoms. The molecule has 9 heteroatoms. The highest BCUT2D eigenvalue weighted by Crippen LogP contribution is 2.28. The third-order valence-electron chi connectivity index (χ3n) is 4.44. The van der Waals surface area contributed by atoms with E-state index in [2.05, 4.69) is 20.3 Å². The van der Waals surface area contributed by atoms with Crippen molar-refractivity contribution in [2.24, 2.45) is 5.73 Å². The Hall–Kier alpha value is -1.81. The topological polar surface area (TPSA) is 120 Å². The summed E-state index contributed by atoms with van der Waals surface area (Å²) in [6.07, 6.45) is 5.38. The lowest BCUT2D eigenvalue weighted by Crippen LogP contribution is -2.35. The molecule has 2 unspecified atom stereocenters. The number of fused-ring (bicyclic) bond motifs is 1. The molecule has 0 radical (unpaired) electrons. The zero-order valence-corrected chi connectivity index (χ0v) is 12.6. The summed E-state index contributed by atoms with van der Waals surface area (Å²) in [7, 11) is 0. The molecule has 4 N–H and O–H groups in total. The number of aliphatic hydroxyl groups is 1. The van der Waals surface area contributed by atoms with Crippen molar-refractivity contribution in [1.29, 1.82) is 0 Å². The van der Waals surface area contributed by atoms with Crippen molar-refractivity contribution < 1.29 is 14.6 Å². The summed E-state index contributed by atoms with van der Waals surface area (Å²) in [5, 5.41) is 12.5. The second-order valence-corrected chi connectivity index (χ2v) is 5.93. The zero-order chi connectivity index (χ0) is 15.8.